The van der Waals surface area contributed by atoms with Crippen molar-refractivity contribution in [1.82, 2.24) is 5.32 Å². The Morgan fingerprint density at radius 1 is 1.00 bits per heavy atom. The second kappa shape index (κ2) is 8.90. The number of nitrogen functional groups attached to an aromatic ring is 1. The average molecular weight is 490 g/mol. The Hall–Kier alpha value is -1.82. The molecule has 0 aliphatic heterocycles. The van der Waals surface area contributed by atoms with Gasteiger partial charge in [-0.3, -0.25) is 4.79 Å². The molecular formula is C23H22BrClN2OS. The molecule has 0 atom stereocenters. The Balaban J connectivity index is 1.80. The average Bonchev–Trinajstić information content (AvgIpc) is 3.07. The monoisotopic (exact) mass is 488 g/mol. The molecule has 0 unspecified atom stereocenters. The molecule has 1 saturated carbocycles. The van der Waals surface area contributed by atoms with Crippen LogP contribution in [0.5, 0.6) is 0 Å². The number of hydrogen-bond acceptors (Lipinski definition) is 3. The van der Waals surface area contributed by atoms with Gasteiger partial charge in [0.25, 0.3) is 5.91 Å². The number of rotatable bonds is 4. The maximum atomic E-state index is 13.3. The third kappa shape index (κ3) is 4.52. The summed E-state index contributed by atoms with van der Waals surface area (Å²) in [5.74, 6) is -0.0843. The molecule has 3 aromatic rings. The fourth-order valence-electron chi connectivity index (χ4n) is 3.88. The van der Waals surface area contributed by atoms with Crippen molar-refractivity contribution < 1.29 is 4.79 Å². The molecule has 150 valence electrons. The number of benzene rings is 2. The lowest BCUT2D eigenvalue weighted by Crippen LogP contribution is -2.36. The fraction of sp³-hybridized carbons (Fsp3) is 0.261. The summed E-state index contributed by atoms with van der Waals surface area (Å²) in [5, 5.41) is 4.43. The fourth-order valence-corrected chi connectivity index (χ4v) is 5.36. The van der Waals surface area contributed by atoms with E-state index in [0.717, 1.165) is 51.7 Å². The molecule has 1 aliphatic rings. The Morgan fingerprint density at radius 2 is 1.62 bits per heavy atom. The van der Waals surface area contributed by atoms with E-state index in [2.05, 4.69) is 21.2 Å². The predicted molar refractivity (Wildman–Crippen MR) is 127 cm³/mol. The summed E-state index contributed by atoms with van der Waals surface area (Å²) >= 11 is 11.0. The number of thiophene rings is 1. The van der Waals surface area contributed by atoms with E-state index in [9.17, 15) is 4.79 Å². The van der Waals surface area contributed by atoms with Crippen molar-refractivity contribution in [3.05, 3.63) is 63.6 Å². The zero-order valence-electron chi connectivity index (χ0n) is 15.9. The van der Waals surface area contributed by atoms with Gasteiger partial charge in [0.15, 0.2) is 0 Å². The second-order valence-electron chi connectivity index (χ2n) is 7.37. The van der Waals surface area contributed by atoms with Crippen molar-refractivity contribution >= 4 is 49.8 Å². The number of carbonyl (C=O) groups excluding carboxylic acids is 1. The highest BCUT2D eigenvalue weighted by Gasteiger charge is 2.26. The van der Waals surface area contributed by atoms with E-state index in [1.807, 2.05) is 48.5 Å². The first-order valence-electron chi connectivity index (χ1n) is 9.78. The van der Waals surface area contributed by atoms with Gasteiger partial charge in [0.1, 0.15) is 0 Å². The summed E-state index contributed by atoms with van der Waals surface area (Å²) in [4.78, 5) is 14.3. The van der Waals surface area contributed by atoms with Gasteiger partial charge in [-0.2, -0.15) is 0 Å². The van der Waals surface area contributed by atoms with Crippen LogP contribution in [0.2, 0.25) is 5.02 Å². The Kier molecular flexibility index (Phi) is 6.28. The molecule has 3 N–H and O–H groups in total. The highest BCUT2D eigenvalue weighted by Crippen LogP contribution is 2.45. The Morgan fingerprint density at radius 3 is 2.28 bits per heavy atom. The highest BCUT2D eigenvalue weighted by molar-refractivity contribution is 9.10. The third-order valence-corrected chi connectivity index (χ3v) is 7.19. The first-order chi connectivity index (χ1) is 14.0. The minimum Gasteiger partial charge on any atom is -0.390 e. The SMILES string of the molecule is Nc1sc(-c2ccc(Br)cc2)c(-c2ccc(Cl)cc2)c1C(=O)NC1CCCCC1. The van der Waals surface area contributed by atoms with Gasteiger partial charge in [-0.25, -0.2) is 0 Å². The molecule has 1 aromatic heterocycles. The summed E-state index contributed by atoms with van der Waals surface area (Å²) in [6.45, 7) is 0. The van der Waals surface area contributed by atoms with Crippen LogP contribution in [0.3, 0.4) is 0 Å². The van der Waals surface area contributed by atoms with E-state index in [4.69, 9.17) is 17.3 Å². The number of amides is 1. The lowest BCUT2D eigenvalue weighted by Gasteiger charge is -2.23. The number of halogens is 2. The van der Waals surface area contributed by atoms with Crippen molar-refractivity contribution in [2.75, 3.05) is 5.73 Å². The minimum atomic E-state index is -0.0843. The summed E-state index contributed by atoms with van der Waals surface area (Å²) < 4.78 is 1.01. The van der Waals surface area contributed by atoms with Crippen LogP contribution in [0.1, 0.15) is 42.5 Å². The van der Waals surface area contributed by atoms with Gasteiger partial charge >= 0.3 is 0 Å². The van der Waals surface area contributed by atoms with Crippen LogP contribution in [-0.2, 0) is 0 Å². The first kappa shape index (κ1) is 20.5. The lowest BCUT2D eigenvalue weighted by molar-refractivity contribution is 0.0929. The van der Waals surface area contributed by atoms with E-state index in [1.54, 1.807) is 0 Å². The molecule has 0 radical (unpaired) electrons. The van der Waals surface area contributed by atoms with E-state index in [1.165, 1.54) is 17.8 Å². The van der Waals surface area contributed by atoms with Crippen LogP contribution in [-0.4, -0.2) is 11.9 Å². The molecule has 29 heavy (non-hydrogen) atoms. The largest absolute Gasteiger partial charge is 0.390 e. The Labute approximate surface area is 188 Å². The van der Waals surface area contributed by atoms with Crippen LogP contribution < -0.4 is 11.1 Å². The zero-order valence-corrected chi connectivity index (χ0v) is 19.0. The van der Waals surface area contributed by atoms with Gasteiger partial charge in [0.2, 0.25) is 0 Å². The summed E-state index contributed by atoms with van der Waals surface area (Å²) in [6, 6.07) is 15.9. The van der Waals surface area contributed by atoms with Gasteiger partial charge < -0.3 is 11.1 Å². The van der Waals surface area contributed by atoms with Gasteiger partial charge in [-0.15, -0.1) is 11.3 Å². The smallest absolute Gasteiger partial charge is 0.255 e. The number of nitrogens with two attached hydrogens (primary N) is 1. The lowest BCUT2D eigenvalue weighted by atomic mass is 9.94. The van der Waals surface area contributed by atoms with E-state index in [0.29, 0.717) is 15.6 Å². The molecule has 6 heteroatoms. The molecule has 1 fully saturated rings. The normalized spacial score (nSPS) is 14.7. The Bertz CT molecular complexity index is 1010. The van der Waals surface area contributed by atoms with Crippen LogP contribution in [0.4, 0.5) is 5.00 Å². The summed E-state index contributed by atoms with van der Waals surface area (Å²) in [7, 11) is 0. The molecule has 3 nitrogen and oxygen atoms in total. The maximum Gasteiger partial charge on any atom is 0.255 e. The minimum absolute atomic E-state index is 0.0843. The molecule has 1 heterocycles. The maximum absolute atomic E-state index is 13.3. The van der Waals surface area contributed by atoms with Gasteiger partial charge in [-0.05, 0) is 48.2 Å². The van der Waals surface area contributed by atoms with Crippen molar-refractivity contribution in [2.24, 2.45) is 0 Å². The standard InChI is InChI=1S/C23H22BrClN2OS/c24-16-10-6-15(7-11-16)21-19(14-8-12-17(25)13-9-14)20(22(26)29-21)23(28)27-18-4-2-1-3-5-18/h6-13,18H,1-5,26H2,(H,27,28). The summed E-state index contributed by atoms with van der Waals surface area (Å²) in [5.41, 5.74) is 9.82. The third-order valence-electron chi connectivity index (χ3n) is 5.34. The number of hydrogen-bond donors (Lipinski definition) is 2. The number of anilines is 1. The molecule has 1 amide bonds. The zero-order chi connectivity index (χ0) is 20.4. The van der Waals surface area contributed by atoms with Crippen LogP contribution in [0, 0.1) is 0 Å². The highest BCUT2D eigenvalue weighted by atomic mass is 79.9. The van der Waals surface area contributed by atoms with Crippen LogP contribution >= 0.6 is 38.9 Å². The quantitative estimate of drug-likeness (QED) is 0.409. The molecule has 1 aliphatic carbocycles. The topological polar surface area (TPSA) is 55.1 Å². The van der Waals surface area contributed by atoms with E-state index < -0.39 is 0 Å². The molecule has 0 spiro atoms. The van der Waals surface area contributed by atoms with Crippen molar-refractivity contribution in [3.8, 4) is 21.6 Å². The van der Waals surface area contributed by atoms with Gasteiger partial charge in [0, 0.05) is 26.0 Å². The van der Waals surface area contributed by atoms with Gasteiger partial charge in [0.05, 0.1) is 10.6 Å². The number of carbonyl (C=O) groups is 1. The number of nitrogens with one attached hydrogen (secondary N) is 1. The molecule has 0 saturated heterocycles. The molecule has 2 aromatic carbocycles. The van der Waals surface area contributed by atoms with Crippen molar-refractivity contribution in [1.29, 1.82) is 0 Å². The van der Waals surface area contributed by atoms with E-state index >= 15 is 0 Å². The summed E-state index contributed by atoms with van der Waals surface area (Å²) in [6.07, 6.45) is 5.64. The van der Waals surface area contributed by atoms with Crippen LogP contribution in [0.15, 0.2) is 53.0 Å². The van der Waals surface area contributed by atoms with Crippen LogP contribution in [0.25, 0.3) is 21.6 Å². The first-order valence-corrected chi connectivity index (χ1v) is 11.8. The van der Waals surface area contributed by atoms with Crippen molar-refractivity contribution in [3.63, 3.8) is 0 Å². The predicted octanol–water partition coefficient (Wildman–Crippen LogP) is 7.14. The molecule has 0 bridgehead atoms. The second-order valence-corrected chi connectivity index (χ2v) is 9.77. The van der Waals surface area contributed by atoms with Gasteiger partial charge in [-0.1, -0.05) is 71.1 Å². The van der Waals surface area contributed by atoms with Crippen molar-refractivity contribution in [2.45, 2.75) is 38.1 Å². The molecular weight excluding hydrogens is 468 g/mol. The molecule has 4 rings (SSSR count). The van der Waals surface area contributed by atoms with E-state index in [-0.39, 0.29) is 11.9 Å².